The zero-order valence-electron chi connectivity index (χ0n) is 22.3. The summed E-state index contributed by atoms with van der Waals surface area (Å²) in [4.78, 5) is 24.9. The van der Waals surface area contributed by atoms with E-state index >= 15 is 0 Å². The molecule has 4 aromatic rings. The summed E-state index contributed by atoms with van der Waals surface area (Å²) >= 11 is 0. The summed E-state index contributed by atoms with van der Waals surface area (Å²) in [5, 5.41) is 4.02. The minimum atomic E-state index is -0.785. The van der Waals surface area contributed by atoms with Crippen molar-refractivity contribution in [1.82, 2.24) is 5.43 Å². The van der Waals surface area contributed by atoms with Crippen LogP contribution in [0.5, 0.6) is 23.0 Å². The predicted octanol–water partition coefficient (Wildman–Crippen LogP) is 5.80. The summed E-state index contributed by atoms with van der Waals surface area (Å²) in [5.74, 6) is 0.994. The molecular weight excluding hydrogens is 508 g/mol. The van der Waals surface area contributed by atoms with E-state index in [1.54, 1.807) is 73.7 Å². The molecule has 0 fully saturated rings. The standard InChI is InChI=1S/C32H30N2O6/c1-3-37-30-20-25(14-19-29(30)40-32(36)26-12-8-5-9-13-26)21-33-34-31(35)23(2)39-28-17-15-27(16-18-28)38-22-24-10-6-4-7-11-24/h4-21,23H,3,22H2,1-2H3,(H,34,35)/b33-21-/t23-/m1/s1. The third-order valence-electron chi connectivity index (χ3n) is 5.62. The fourth-order valence-corrected chi connectivity index (χ4v) is 3.56. The summed E-state index contributed by atoms with van der Waals surface area (Å²) < 4.78 is 22.7. The van der Waals surface area contributed by atoms with Crippen LogP contribution in [0.2, 0.25) is 0 Å². The highest BCUT2D eigenvalue weighted by molar-refractivity contribution is 5.91. The van der Waals surface area contributed by atoms with Crippen molar-refractivity contribution in [2.45, 2.75) is 26.6 Å². The van der Waals surface area contributed by atoms with Crippen LogP contribution >= 0.6 is 0 Å². The van der Waals surface area contributed by atoms with Gasteiger partial charge in [-0.05, 0) is 79.6 Å². The number of nitrogens with zero attached hydrogens (tertiary/aromatic N) is 1. The van der Waals surface area contributed by atoms with Gasteiger partial charge in [-0.2, -0.15) is 5.10 Å². The van der Waals surface area contributed by atoms with E-state index in [1.165, 1.54) is 6.21 Å². The second kappa shape index (κ2) is 14.2. The first-order chi connectivity index (χ1) is 19.5. The third-order valence-corrected chi connectivity index (χ3v) is 5.62. The van der Waals surface area contributed by atoms with Crippen molar-refractivity contribution in [2.75, 3.05) is 6.61 Å². The van der Waals surface area contributed by atoms with Crippen molar-refractivity contribution in [3.05, 3.63) is 120 Å². The van der Waals surface area contributed by atoms with E-state index in [0.717, 1.165) is 5.56 Å². The summed E-state index contributed by atoms with van der Waals surface area (Å²) in [6.07, 6.45) is 0.682. The predicted molar refractivity (Wildman–Crippen MR) is 152 cm³/mol. The van der Waals surface area contributed by atoms with Crippen LogP contribution in [0.1, 0.15) is 35.3 Å². The number of esters is 1. The number of carbonyl (C=O) groups is 2. The van der Waals surface area contributed by atoms with E-state index in [-0.39, 0.29) is 5.75 Å². The molecule has 0 aliphatic carbocycles. The molecule has 1 N–H and O–H groups in total. The first-order valence-corrected chi connectivity index (χ1v) is 12.8. The summed E-state index contributed by atoms with van der Waals surface area (Å²) in [6, 6.07) is 30.6. The molecule has 4 aromatic carbocycles. The Bertz CT molecular complexity index is 1420. The lowest BCUT2D eigenvalue weighted by atomic mass is 10.2. The molecule has 0 aromatic heterocycles. The highest BCUT2D eigenvalue weighted by atomic mass is 16.6. The summed E-state index contributed by atoms with van der Waals surface area (Å²) in [7, 11) is 0. The van der Waals surface area contributed by atoms with E-state index in [9.17, 15) is 9.59 Å². The molecule has 40 heavy (non-hydrogen) atoms. The van der Waals surface area contributed by atoms with Crippen LogP contribution in [0.3, 0.4) is 0 Å². The molecule has 0 aliphatic rings. The Morgan fingerprint density at radius 2 is 1.50 bits per heavy atom. The Labute approximate surface area is 233 Å². The zero-order valence-corrected chi connectivity index (χ0v) is 22.3. The molecule has 0 radical (unpaired) electrons. The van der Waals surface area contributed by atoms with Gasteiger partial charge in [0.25, 0.3) is 5.91 Å². The largest absolute Gasteiger partial charge is 0.490 e. The van der Waals surface area contributed by atoms with Crippen molar-refractivity contribution in [3.8, 4) is 23.0 Å². The molecule has 0 heterocycles. The van der Waals surface area contributed by atoms with Gasteiger partial charge in [0, 0.05) is 0 Å². The minimum Gasteiger partial charge on any atom is -0.490 e. The van der Waals surface area contributed by atoms with Crippen molar-refractivity contribution >= 4 is 18.1 Å². The SMILES string of the molecule is CCOc1cc(/C=N\NC(=O)[C@@H](C)Oc2ccc(OCc3ccccc3)cc2)ccc1OC(=O)c1ccccc1. The lowest BCUT2D eigenvalue weighted by Gasteiger charge is -2.14. The Hall–Kier alpha value is -5.11. The van der Waals surface area contributed by atoms with E-state index in [4.69, 9.17) is 18.9 Å². The molecule has 204 valence electrons. The van der Waals surface area contributed by atoms with Crippen molar-refractivity contribution in [2.24, 2.45) is 5.10 Å². The number of hydrogen-bond donors (Lipinski definition) is 1. The van der Waals surface area contributed by atoms with Gasteiger partial charge in [-0.1, -0.05) is 48.5 Å². The summed E-state index contributed by atoms with van der Waals surface area (Å²) in [5.41, 5.74) is 4.62. The van der Waals surface area contributed by atoms with Crippen molar-refractivity contribution < 1.29 is 28.5 Å². The molecule has 8 heteroatoms. The molecule has 0 saturated carbocycles. The average Bonchev–Trinajstić information content (AvgIpc) is 2.99. The second-order valence-corrected chi connectivity index (χ2v) is 8.63. The highest BCUT2D eigenvalue weighted by Crippen LogP contribution is 2.29. The first-order valence-electron chi connectivity index (χ1n) is 12.8. The van der Waals surface area contributed by atoms with Crippen molar-refractivity contribution in [3.63, 3.8) is 0 Å². The van der Waals surface area contributed by atoms with E-state index < -0.39 is 18.0 Å². The molecule has 0 spiro atoms. The maximum atomic E-state index is 12.5. The maximum Gasteiger partial charge on any atom is 0.343 e. The van der Waals surface area contributed by atoms with Gasteiger partial charge < -0.3 is 18.9 Å². The molecule has 1 amide bonds. The monoisotopic (exact) mass is 538 g/mol. The molecule has 0 saturated heterocycles. The molecular formula is C32H30N2O6. The van der Waals surface area contributed by atoms with Gasteiger partial charge in [0.2, 0.25) is 0 Å². The van der Waals surface area contributed by atoms with E-state index in [2.05, 4.69) is 10.5 Å². The summed E-state index contributed by atoms with van der Waals surface area (Å²) in [6.45, 7) is 4.30. The lowest BCUT2D eigenvalue weighted by molar-refractivity contribution is -0.127. The van der Waals surface area contributed by atoms with Gasteiger partial charge >= 0.3 is 5.97 Å². The fourth-order valence-electron chi connectivity index (χ4n) is 3.56. The van der Waals surface area contributed by atoms with Crippen LogP contribution in [0.15, 0.2) is 108 Å². The topological polar surface area (TPSA) is 95.5 Å². The average molecular weight is 539 g/mol. The van der Waals surface area contributed by atoms with E-state index in [1.807, 2.05) is 43.3 Å². The van der Waals surface area contributed by atoms with Crippen LogP contribution in [-0.2, 0) is 11.4 Å². The number of carbonyl (C=O) groups excluding carboxylic acids is 2. The lowest BCUT2D eigenvalue weighted by Crippen LogP contribution is -2.33. The Kier molecular flexibility index (Phi) is 9.88. The quantitative estimate of drug-likeness (QED) is 0.106. The number of nitrogens with one attached hydrogen (secondary N) is 1. The molecule has 8 nitrogen and oxygen atoms in total. The van der Waals surface area contributed by atoms with Crippen molar-refractivity contribution in [1.29, 1.82) is 0 Å². The zero-order chi connectivity index (χ0) is 28.2. The number of hydrogen-bond acceptors (Lipinski definition) is 7. The number of benzene rings is 4. The van der Waals surface area contributed by atoms with E-state index in [0.29, 0.717) is 41.6 Å². The fraction of sp³-hybridized carbons (Fsp3) is 0.156. The van der Waals surface area contributed by atoms with Crippen LogP contribution in [0.25, 0.3) is 0 Å². The van der Waals surface area contributed by atoms with Gasteiger partial charge in [-0.25, -0.2) is 10.2 Å². The molecule has 1 atom stereocenters. The maximum absolute atomic E-state index is 12.5. The number of ether oxygens (including phenoxy) is 4. The molecule has 0 unspecified atom stereocenters. The number of amides is 1. The van der Waals surface area contributed by atoms with Gasteiger partial charge in [-0.15, -0.1) is 0 Å². The molecule has 0 aliphatic heterocycles. The Balaban J connectivity index is 1.28. The molecule has 0 bridgehead atoms. The van der Waals surface area contributed by atoms with Crippen LogP contribution in [0.4, 0.5) is 0 Å². The second-order valence-electron chi connectivity index (χ2n) is 8.63. The normalized spacial score (nSPS) is 11.4. The first kappa shape index (κ1) is 27.9. The number of rotatable bonds is 12. The van der Waals surface area contributed by atoms with Crippen LogP contribution < -0.4 is 24.4 Å². The van der Waals surface area contributed by atoms with Gasteiger partial charge in [0.15, 0.2) is 17.6 Å². The Morgan fingerprint density at radius 3 is 2.20 bits per heavy atom. The van der Waals surface area contributed by atoms with Gasteiger partial charge in [0.05, 0.1) is 18.4 Å². The number of hydrazone groups is 1. The van der Waals surface area contributed by atoms with Crippen LogP contribution in [-0.4, -0.2) is 30.8 Å². The third kappa shape index (κ3) is 8.19. The minimum absolute atomic E-state index is 0.287. The molecule has 4 rings (SSSR count). The Morgan fingerprint density at radius 1 is 0.825 bits per heavy atom. The smallest absolute Gasteiger partial charge is 0.343 e. The highest BCUT2D eigenvalue weighted by Gasteiger charge is 2.15. The van der Waals surface area contributed by atoms with Gasteiger partial charge in [-0.3, -0.25) is 4.79 Å². The van der Waals surface area contributed by atoms with Crippen LogP contribution in [0, 0.1) is 0 Å². The van der Waals surface area contributed by atoms with Gasteiger partial charge in [0.1, 0.15) is 18.1 Å².